The van der Waals surface area contributed by atoms with Crippen LogP contribution in [-0.4, -0.2) is 25.7 Å². The van der Waals surface area contributed by atoms with Crippen LogP contribution in [0.2, 0.25) is 0 Å². The van der Waals surface area contributed by atoms with Crippen LogP contribution in [0.25, 0.3) is 0 Å². The number of nitrogen functional groups attached to an aromatic ring is 1. The first kappa shape index (κ1) is 14.7. The quantitative estimate of drug-likeness (QED) is 0.681. The van der Waals surface area contributed by atoms with Crippen LogP contribution in [0.3, 0.4) is 0 Å². The van der Waals surface area contributed by atoms with Crippen LogP contribution in [-0.2, 0) is 4.74 Å². The Morgan fingerprint density at radius 1 is 1.45 bits per heavy atom. The molecule has 1 heterocycles. The maximum absolute atomic E-state index is 11.7. The molecule has 0 aliphatic carbocycles. The number of esters is 1. The first-order chi connectivity index (χ1) is 9.43. The molecule has 20 heavy (non-hydrogen) atoms. The van der Waals surface area contributed by atoms with Gasteiger partial charge in [0, 0.05) is 13.1 Å². The molecule has 2 rings (SSSR count). The van der Waals surface area contributed by atoms with E-state index in [0.29, 0.717) is 23.3 Å². The molecule has 0 radical (unpaired) electrons. The molecule has 0 amide bonds. The van der Waals surface area contributed by atoms with Gasteiger partial charge in [-0.05, 0) is 43.4 Å². The number of carbonyl (C=O) groups excluding carboxylic acids is 1. The molecule has 4 nitrogen and oxygen atoms in total. The Kier molecular flexibility index (Phi) is 4.21. The van der Waals surface area contributed by atoms with Crippen molar-refractivity contribution in [2.45, 2.75) is 33.6 Å². The summed E-state index contributed by atoms with van der Waals surface area (Å²) in [6.07, 6.45) is 2.41. The molecule has 0 bridgehead atoms. The van der Waals surface area contributed by atoms with E-state index in [0.717, 1.165) is 18.8 Å². The molecule has 1 aromatic rings. The van der Waals surface area contributed by atoms with E-state index in [1.54, 1.807) is 19.1 Å². The SMILES string of the molecule is CCOC(=O)c1ccc(N2CCCC(C)(C)C2)c(N)c1. The maximum Gasteiger partial charge on any atom is 0.338 e. The van der Waals surface area contributed by atoms with Crippen molar-refractivity contribution >= 4 is 17.3 Å². The first-order valence-electron chi connectivity index (χ1n) is 7.24. The van der Waals surface area contributed by atoms with E-state index < -0.39 is 0 Å². The second-order valence-electron chi connectivity index (χ2n) is 6.18. The lowest BCUT2D eigenvalue weighted by atomic mass is 9.84. The lowest BCUT2D eigenvalue weighted by molar-refractivity contribution is 0.0526. The predicted octanol–water partition coefficient (Wildman–Crippen LogP) is 3.07. The highest BCUT2D eigenvalue weighted by molar-refractivity contribution is 5.92. The molecule has 0 saturated carbocycles. The maximum atomic E-state index is 11.7. The average Bonchev–Trinajstić information content (AvgIpc) is 2.37. The van der Waals surface area contributed by atoms with Gasteiger partial charge in [0.05, 0.1) is 23.5 Å². The molecule has 1 aromatic carbocycles. The lowest BCUT2D eigenvalue weighted by Crippen LogP contribution is -2.40. The van der Waals surface area contributed by atoms with E-state index >= 15 is 0 Å². The summed E-state index contributed by atoms with van der Waals surface area (Å²) in [6, 6.07) is 5.45. The van der Waals surface area contributed by atoms with Crippen LogP contribution >= 0.6 is 0 Å². The van der Waals surface area contributed by atoms with Crippen molar-refractivity contribution in [2.24, 2.45) is 5.41 Å². The van der Waals surface area contributed by atoms with Crippen LogP contribution < -0.4 is 10.6 Å². The zero-order valence-electron chi connectivity index (χ0n) is 12.6. The van der Waals surface area contributed by atoms with Gasteiger partial charge in [-0.3, -0.25) is 0 Å². The summed E-state index contributed by atoms with van der Waals surface area (Å²) < 4.78 is 4.99. The number of carbonyl (C=O) groups is 1. The van der Waals surface area contributed by atoms with Crippen LogP contribution in [0.5, 0.6) is 0 Å². The fourth-order valence-corrected chi connectivity index (χ4v) is 2.81. The lowest BCUT2D eigenvalue weighted by Gasteiger charge is -2.40. The summed E-state index contributed by atoms with van der Waals surface area (Å²) in [5.41, 5.74) is 8.62. The average molecular weight is 276 g/mol. The molecule has 4 heteroatoms. The number of nitrogens with zero attached hydrogens (tertiary/aromatic N) is 1. The number of nitrogens with two attached hydrogens (primary N) is 1. The molecule has 0 spiro atoms. The van der Waals surface area contributed by atoms with E-state index in [-0.39, 0.29) is 5.97 Å². The monoisotopic (exact) mass is 276 g/mol. The Hall–Kier alpha value is -1.71. The van der Waals surface area contributed by atoms with Crippen LogP contribution in [0.1, 0.15) is 44.0 Å². The van der Waals surface area contributed by atoms with Gasteiger partial charge in [-0.2, -0.15) is 0 Å². The molecular weight excluding hydrogens is 252 g/mol. The van der Waals surface area contributed by atoms with Crippen molar-refractivity contribution < 1.29 is 9.53 Å². The number of ether oxygens (including phenoxy) is 1. The van der Waals surface area contributed by atoms with Gasteiger partial charge in [-0.15, -0.1) is 0 Å². The highest BCUT2D eigenvalue weighted by Crippen LogP contribution is 2.34. The van der Waals surface area contributed by atoms with Gasteiger partial charge < -0.3 is 15.4 Å². The van der Waals surface area contributed by atoms with E-state index in [4.69, 9.17) is 10.5 Å². The Morgan fingerprint density at radius 3 is 2.80 bits per heavy atom. The first-order valence-corrected chi connectivity index (χ1v) is 7.24. The molecule has 1 saturated heterocycles. The largest absolute Gasteiger partial charge is 0.462 e. The van der Waals surface area contributed by atoms with Crippen LogP contribution in [0.15, 0.2) is 18.2 Å². The Balaban J connectivity index is 2.19. The molecule has 110 valence electrons. The van der Waals surface area contributed by atoms with Crippen LogP contribution in [0, 0.1) is 5.41 Å². The zero-order chi connectivity index (χ0) is 14.8. The predicted molar refractivity (Wildman–Crippen MR) is 82.0 cm³/mol. The Labute approximate surface area is 120 Å². The zero-order valence-corrected chi connectivity index (χ0v) is 12.6. The van der Waals surface area contributed by atoms with E-state index in [1.165, 1.54) is 12.8 Å². The van der Waals surface area contributed by atoms with Gasteiger partial charge in [0.15, 0.2) is 0 Å². The van der Waals surface area contributed by atoms with Crippen molar-refractivity contribution in [2.75, 3.05) is 30.3 Å². The van der Waals surface area contributed by atoms with Crippen molar-refractivity contribution in [3.63, 3.8) is 0 Å². The minimum absolute atomic E-state index is 0.310. The fraction of sp³-hybridized carbons (Fsp3) is 0.562. The highest BCUT2D eigenvalue weighted by Gasteiger charge is 2.27. The highest BCUT2D eigenvalue weighted by atomic mass is 16.5. The van der Waals surface area contributed by atoms with Crippen molar-refractivity contribution in [3.05, 3.63) is 23.8 Å². The summed E-state index contributed by atoms with van der Waals surface area (Å²) in [7, 11) is 0. The number of hydrogen-bond acceptors (Lipinski definition) is 4. The van der Waals surface area contributed by atoms with Gasteiger partial charge in [0.25, 0.3) is 0 Å². The molecular formula is C16H24N2O2. The van der Waals surface area contributed by atoms with E-state index in [9.17, 15) is 4.79 Å². The molecule has 0 unspecified atom stereocenters. The minimum Gasteiger partial charge on any atom is -0.462 e. The second-order valence-corrected chi connectivity index (χ2v) is 6.18. The summed E-state index contributed by atoms with van der Waals surface area (Å²) >= 11 is 0. The van der Waals surface area contributed by atoms with Crippen molar-refractivity contribution in [1.29, 1.82) is 0 Å². The topological polar surface area (TPSA) is 55.6 Å². The normalized spacial score (nSPS) is 17.9. The molecule has 2 N–H and O–H groups in total. The summed E-state index contributed by atoms with van der Waals surface area (Å²) in [4.78, 5) is 14.0. The number of anilines is 2. The standard InChI is InChI=1S/C16H24N2O2/c1-4-20-15(19)12-6-7-14(13(17)10-12)18-9-5-8-16(2,3)11-18/h6-7,10H,4-5,8-9,11,17H2,1-3H3. The van der Waals surface area contributed by atoms with Crippen molar-refractivity contribution in [1.82, 2.24) is 0 Å². The molecule has 1 aliphatic heterocycles. The molecule has 0 atom stereocenters. The number of rotatable bonds is 3. The van der Waals surface area contributed by atoms with Crippen LogP contribution in [0.4, 0.5) is 11.4 Å². The third-order valence-corrected chi connectivity index (χ3v) is 3.78. The van der Waals surface area contributed by atoms with Gasteiger partial charge >= 0.3 is 5.97 Å². The third kappa shape index (κ3) is 3.24. The summed E-state index contributed by atoms with van der Waals surface area (Å²) in [5.74, 6) is -0.315. The third-order valence-electron chi connectivity index (χ3n) is 3.78. The summed E-state index contributed by atoms with van der Waals surface area (Å²) in [6.45, 7) is 8.75. The number of hydrogen-bond donors (Lipinski definition) is 1. The van der Waals surface area contributed by atoms with Crippen molar-refractivity contribution in [3.8, 4) is 0 Å². The molecule has 1 aliphatic rings. The van der Waals surface area contributed by atoms with Gasteiger partial charge in [-0.25, -0.2) is 4.79 Å². The Morgan fingerprint density at radius 2 is 2.20 bits per heavy atom. The Bertz CT molecular complexity index is 497. The van der Waals surface area contributed by atoms with Gasteiger partial charge in [0.2, 0.25) is 0 Å². The van der Waals surface area contributed by atoms with Gasteiger partial charge in [0.1, 0.15) is 0 Å². The fourth-order valence-electron chi connectivity index (χ4n) is 2.81. The number of piperidine rings is 1. The molecule has 0 aromatic heterocycles. The second kappa shape index (κ2) is 5.73. The summed E-state index contributed by atoms with van der Waals surface area (Å²) in [5, 5.41) is 0. The van der Waals surface area contributed by atoms with E-state index in [1.807, 2.05) is 6.07 Å². The smallest absolute Gasteiger partial charge is 0.338 e. The van der Waals surface area contributed by atoms with Gasteiger partial charge in [-0.1, -0.05) is 13.8 Å². The van der Waals surface area contributed by atoms with E-state index in [2.05, 4.69) is 18.7 Å². The minimum atomic E-state index is -0.315. The molecule has 1 fully saturated rings. The number of benzene rings is 1.